The van der Waals surface area contributed by atoms with Crippen molar-refractivity contribution in [1.29, 1.82) is 0 Å². The lowest BCUT2D eigenvalue weighted by Crippen LogP contribution is -2.41. The topological polar surface area (TPSA) is 93.3 Å². The summed E-state index contributed by atoms with van der Waals surface area (Å²) in [5.41, 5.74) is -1.87. The summed E-state index contributed by atoms with van der Waals surface area (Å²) < 4.78 is 43.3. The molecule has 0 radical (unpaired) electrons. The first-order valence-electron chi connectivity index (χ1n) is 6.63. The van der Waals surface area contributed by atoms with Gasteiger partial charge in [-0.2, -0.15) is 13.2 Å². The van der Waals surface area contributed by atoms with Crippen LogP contribution in [0.3, 0.4) is 0 Å². The molecule has 7 nitrogen and oxygen atoms in total. The summed E-state index contributed by atoms with van der Waals surface area (Å²) in [6.07, 6.45) is -2.73. The molecule has 3 amide bonds. The van der Waals surface area contributed by atoms with Gasteiger partial charge in [-0.3, -0.25) is 14.9 Å². The number of amides is 3. The molecule has 0 bridgehead atoms. The quantitative estimate of drug-likeness (QED) is 0.879. The van der Waals surface area contributed by atoms with Gasteiger partial charge >= 0.3 is 12.2 Å². The van der Waals surface area contributed by atoms with Gasteiger partial charge < -0.3 is 14.3 Å². The molecule has 0 saturated carbocycles. The molecule has 2 heterocycles. The molecule has 0 aliphatic heterocycles. The molecule has 128 valence electrons. The number of pyridine rings is 1. The second kappa shape index (κ2) is 7.02. The SMILES string of the molecule is O=C(Cn1cc(C(F)(F)F)ccc1=O)NC(=O)NCc1ccco1. The van der Waals surface area contributed by atoms with Crippen molar-refractivity contribution in [3.8, 4) is 0 Å². The predicted octanol–water partition coefficient (Wildman–Crippen LogP) is 1.49. The molecule has 0 atom stereocenters. The lowest BCUT2D eigenvalue weighted by atomic mass is 10.3. The second-order valence-electron chi connectivity index (χ2n) is 4.69. The van der Waals surface area contributed by atoms with Crippen molar-refractivity contribution in [2.24, 2.45) is 0 Å². The Morgan fingerprint density at radius 2 is 1.96 bits per heavy atom. The maximum Gasteiger partial charge on any atom is 0.417 e. The summed E-state index contributed by atoms with van der Waals surface area (Å²) in [4.78, 5) is 34.7. The number of hydrogen-bond acceptors (Lipinski definition) is 4. The van der Waals surface area contributed by atoms with Crippen LogP contribution in [0.4, 0.5) is 18.0 Å². The van der Waals surface area contributed by atoms with Crippen molar-refractivity contribution in [2.45, 2.75) is 19.3 Å². The van der Waals surface area contributed by atoms with Crippen LogP contribution in [0.25, 0.3) is 0 Å². The van der Waals surface area contributed by atoms with Crippen LogP contribution in [0.15, 0.2) is 45.9 Å². The largest absolute Gasteiger partial charge is 0.467 e. The molecule has 2 aromatic rings. The smallest absolute Gasteiger partial charge is 0.417 e. The zero-order valence-electron chi connectivity index (χ0n) is 12.1. The fourth-order valence-corrected chi connectivity index (χ4v) is 1.77. The second-order valence-corrected chi connectivity index (χ2v) is 4.69. The van der Waals surface area contributed by atoms with Crippen molar-refractivity contribution in [1.82, 2.24) is 15.2 Å². The van der Waals surface area contributed by atoms with Gasteiger partial charge in [0.15, 0.2) is 0 Å². The number of urea groups is 1. The highest BCUT2D eigenvalue weighted by molar-refractivity contribution is 5.94. The van der Waals surface area contributed by atoms with Crippen LogP contribution in [-0.4, -0.2) is 16.5 Å². The normalized spacial score (nSPS) is 11.1. The monoisotopic (exact) mass is 343 g/mol. The zero-order valence-corrected chi connectivity index (χ0v) is 12.1. The molecule has 10 heteroatoms. The number of rotatable bonds is 4. The highest BCUT2D eigenvalue weighted by Crippen LogP contribution is 2.27. The Bertz CT molecular complexity index is 781. The molecular formula is C14H12F3N3O4. The van der Waals surface area contributed by atoms with E-state index < -0.39 is 35.8 Å². The molecule has 0 aromatic carbocycles. The third-order valence-corrected chi connectivity index (χ3v) is 2.88. The highest BCUT2D eigenvalue weighted by atomic mass is 19.4. The fourth-order valence-electron chi connectivity index (χ4n) is 1.77. The van der Waals surface area contributed by atoms with Crippen molar-refractivity contribution in [3.63, 3.8) is 0 Å². The third kappa shape index (κ3) is 4.73. The van der Waals surface area contributed by atoms with Crippen LogP contribution in [0.1, 0.15) is 11.3 Å². The van der Waals surface area contributed by atoms with Crippen LogP contribution >= 0.6 is 0 Å². The van der Waals surface area contributed by atoms with Crippen LogP contribution in [-0.2, 0) is 24.1 Å². The molecule has 2 N–H and O–H groups in total. The number of carbonyl (C=O) groups excluding carboxylic acids is 2. The van der Waals surface area contributed by atoms with Crippen LogP contribution in [0, 0.1) is 0 Å². The maximum atomic E-state index is 12.6. The van der Waals surface area contributed by atoms with Gasteiger partial charge in [0.05, 0.1) is 18.4 Å². The molecule has 2 aromatic heterocycles. The molecule has 2 rings (SSSR count). The lowest BCUT2D eigenvalue weighted by Gasteiger charge is -2.10. The number of furan rings is 1. The first kappa shape index (κ1) is 17.3. The van der Waals surface area contributed by atoms with Gasteiger partial charge in [-0.1, -0.05) is 0 Å². The molecule has 0 aliphatic rings. The number of imide groups is 1. The van der Waals surface area contributed by atoms with E-state index in [4.69, 9.17) is 4.42 Å². The summed E-state index contributed by atoms with van der Waals surface area (Å²) in [6, 6.07) is 3.67. The molecular weight excluding hydrogens is 331 g/mol. The number of nitrogens with one attached hydrogen (secondary N) is 2. The minimum Gasteiger partial charge on any atom is -0.467 e. The van der Waals surface area contributed by atoms with E-state index in [1.54, 1.807) is 12.1 Å². The van der Waals surface area contributed by atoms with Gasteiger partial charge in [-0.25, -0.2) is 4.79 Å². The summed E-state index contributed by atoms with van der Waals surface area (Å²) in [7, 11) is 0. The zero-order chi connectivity index (χ0) is 17.7. The summed E-state index contributed by atoms with van der Waals surface area (Å²) in [6.45, 7) is -0.702. The molecule has 0 fully saturated rings. The Balaban J connectivity index is 1.94. The van der Waals surface area contributed by atoms with Crippen molar-refractivity contribution in [3.05, 3.63) is 58.4 Å². The van der Waals surface area contributed by atoms with Gasteiger partial charge in [0, 0.05) is 12.3 Å². The minimum atomic E-state index is -4.65. The van der Waals surface area contributed by atoms with E-state index in [0.29, 0.717) is 28.7 Å². The molecule has 24 heavy (non-hydrogen) atoms. The number of carbonyl (C=O) groups is 2. The van der Waals surface area contributed by atoms with E-state index in [2.05, 4.69) is 5.32 Å². The summed E-state index contributed by atoms with van der Waals surface area (Å²) >= 11 is 0. The van der Waals surface area contributed by atoms with E-state index in [0.717, 1.165) is 0 Å². The molecule has 0 aliphatic carbocycles. The van der Waals surface area contributed by atoms with E-state index in [1.165, 1.54) is 6.26 Å². The number of halogens is 3. The number of aromatic nitrogens is 1. The number of nitrogens with zero attached hydrogens (tertiary/aromatic N) is 1. The van der Waals surface area contributed by atoms with Crippen molar-refractivity contribution in [2.75, 3.05) is 0 Å². The predicted molar refractivity (Wildman–Crippen MR) is 74.8 cm³/mol. The van der Waals surface area contributed by atoms with Gasteiger partial charge in [0.2, 0.25) is 5.91 Å². The Morgan fingerprint density at radius 1 is 1.21 bits per heavy atom. The first-order valence-corrected chi connectivity index (χ1v) is 6.63. The van der Waals surface area contributed by atoms with Gasteiger partial charge in [-0.05, 0) is 18.2 Å². The van der Waals surface area contributed by atoms with Gasteiger partial charge in [0.1, 0.15) is 12.3 Å². The Hall–Kier alpha value is -3.04. The van der Waals surface area contributed by atoms with Crippen molar-refractivity contribution < 1.29 is 27.2 Å². The third-order valence-electron chi connectivity index (χ3n) is 2.88. The van der Waals surface area contributed by atoms with Crippen LogP contribution in [0.2, 0.25) is 0 Å². The Labute approximate surface area is 133 Å². The maximum absolute atomic E-state index is 12.6. The number of hydrogen-bond donors (Lipinski definition) is 2. The molecule has 0 saturated heterocycles. The minimum absolute atomic E-state index is 0.0234. The van der Waals surface area contributed by atoms with Crippen LogP contribution < -0.4 is 16.2 Å². The summed E-state index contributed by atoms with van der Waals surface area (Å²) in [5, 5.41) is 4.22. The van der Waals surface area contributed by atoms with E-state index in [-0.39, 0.29) is 6.54 Å². The highest BCUT2D eigenvalue weighted by Gasteiger charge is 2.31. The molecule has 0 spiro atoms. The van der Waals surface area contributed by atoms with Gasteiger partial charge in [-0.15, -0.1) is 0 Å². The average Bonchev–Trinajstić information content (AvgIpc) is 2.99. The Kier molecular flexibility index (Phi) is 5.07. The standard InChI is InChI=1S/C14H12F3N3O4/c15-14(16,17)9-3-4-12(22)20(7-9)8-11(21)19-13(23)18-6-10-2-1-5-24-10/h1-5,7H,6,8H2,(H2,18,19,21,23). The Morgan fingerprint density at radius 3 is 2.58 bits per heavy atom. The van der Waals surface area contributed by atoms with Gasteiger partial charge in [0.25, 0.3) is 5.56 Å². The molecule has 0 unspecified atom stereocenters. The first-order chi connectivity index (χ1) is 11.3. The summed E-state index contributed by atoms with van der Waals surface area (Å²) in [5.74, 6) is -0.486. The average molecular weight is 343 g/mol. The lowest BCUT2D eigenvalue weighted by molar-refractivity contribution is -0.138. The van der Waals surface area contributed by atoms with E-state index in [9.17, 15) is 27.6 Å². The van der Waals surface area contributed by atoms with Crippen LogP contribution in [0.5, 0.6) is 0 Å². The van der Waals surface area contributed by atoms with Crippen molar-refractivity contribution >= 4 is 11.9 Å². The fraction of sp³-hybridized carbons (Fsp3) is 0.214. The van der Waals surface area contributed by atoms with E-state index in [1.807, 2.05) is 5.32 Å². The van der Waals surface area contributed by atoms with E-state index >= 15 is 0 Å². The number of alkyl halides is 3.